The predicted octanol–water partition coefficient (Wildman–Crippen LogP) is 4.19. The lowest BCUT2D eigenvalue weighted by atomic mass is 9.97. The molecule has 0 saturated heterocycles. The summed E-state index contributed by atoms with van der Waals surface area (Å²) in [6.45, 7) is 1.16. The summed E-state index contributed by atoms with van der Waals surface area (Å²) in [6.07, 6.45) is 0.798. The number of thiophene rings is 1. The fourth-order valence-corrected chi connectivity index (χ4v) is 4.09. The normalized spacial score (nSPS) is 13.1. The first-order valence-corrected chi connectivity index (χ1v) is 9.67. The highest BCUT2D eigenvalue weighted by atomic mass is 32.1. The van der Waals surface area contributed by atoms with E-state index in [1.165, 1.54) is 16.9 Å². The molecule has 2 aromatic carbocycles. The Hall–Kier alpha value is -2.92. The summed E-state index contributed by atoms with van der Waals surface area (Å²) in [5.41, 5.74) is 3.25. The monoisotopic (exact) mass is 377 g/mol. The molecule has 27 heavy (non-hydrogen) atoms. The first kappa shape index (κ1) is 17.5. The Bertz CT molecular complexity index is 995. The maximum absolute atomic E-state index is 13.2. The van der Waals surface area contributed by atoms with Crippen molar-refractivity contribution < 1.29 is 14.3 Å². The van der Waals surface area contributed by atoms with Crippen LogP contribution >= 0.6 is 11.3 Å². The number of carbonyl (C=O) groups excluding carboxylic acids is 2. The molecule has 0 atom stereocenters. The van der Waals surface area contributed by atoms with Gasteiger partial charge in [-0.25, -0.2) is 0 Å². The Kier molecular flexibility index (Phi) is 4.77. The van der Waals surface area contributed by atoms with E-state index in [2.05, 4.69) is 6.07 Å². The van der Waals surface area contributed by atoms with Crippen LogP contribution in [-0.2, 0) is 13.0 Å². The van der Waals surface area contributed by atoms with E-state index < -0.39 is 0 Å². The van der Waals surface area contributed by atoms with Crippen LogP contribution in [0.25, 0.3) is 0 Å². The summed E-state index contributed by atoms with van der Waals surface area (Å²) in [5, 5.41) is 1.87. The topological polar surface area (TPSA) is 46.6 Å². The molecule has 0 unspecified atom stereocenters. The second-order valence-electron chi connectivity index (χ2n) is 6.46. The molecule has 0 spiro atoms. The summed E-state index contributed by atoms with van der Waals surface area (Å²) >= 11 is 1.39. The van der Waals surface area contributed by atoms with E-state index in [0.717, 1.165) is 17.7 Å². The smallest absolute Gasteiger partial charge is 0.254 e. The molecule has 136 valence electrons. The number of hydrogen-bond acceptors (Lipinski definition) is 4. The first-order valence-electron chi connectivity index (χ1n) is 8.79. The van der Waals surface area contributed by atoms with Gasteiger partial charge in [-0.15, -0.1) is 11.3 Å². The van der Waals surface area contributed by atoms with Crippen molar-refractivity contribution >= 4 is 23.0 Å². The van der Waals surface area contributed by atoms with Gasteiger partial charge in [-0.3, -0.25) is 9.59 Å². The number of ketones is 1. The largest absolute Gasteiger partial charge is 0.497 e. The fourth-order valence-electron chi connectivity index (χ4n) is 3.41. The van der Waals surface area contributed by atoms with Crippen LogP contribution in [0.15, 0.2) is 60.0 Å². The molecule has 2 heterocycles. The molecule has 0 N–H and O–H groups in total. The lowest BCUT2D eigenvalue weighted by Crippen LogP contribution is -2.36. The summed E-state index contributed by atoms with van der Waals surface area (Å²) < 4.78 is 5.31. The minimum absolute atomic E-state index is 0.104. The van der Waals surface area contributed by atoms with Gasteiger partial charge in [0.2, 0.25) is 5.78 Å². The minimum atomic E-state index is -0.107. The van der Waals surface area contributed by atoms with Crippen LogP contribution in [0.3, 0.4) is 0 Å². The first-order chi connectivity index (χ1) is 13.2. The van der Waals surface area contributed by atoms with E-state index in [1.54, 1.807) is 37.4 Å². The third-order valence-electron chi connectivity index (χ3n) is 4.86. The molecular weight excluding hydrogens is 358 g/mol. The number of hydrogen-bond donors (Lipinski definition) is 0. The summed E-state index contributed by atoms with van der Waals surface area (Å²) in [4.78, 5) is 28.5. The fraction of sp³-hybridized carbons (Fsp3) is 0.182. The average molecular weight is 377 g/mol. The molecule has 0 bridgehead atoms. The van der Waals surface area contributed by atoms with Crippen molar-refractivity contribution in [2.75, 3.05) is 13.7 Å². The van der Waals surface area contributed by atoms with Crippen LogP contribution in [0.2, 0.25) is 0 Å². The molecule has 0 radical (unpaired) electrons. The number of ether oxygens (including phenoxy) is 1. The quantitative estimate of drug-likeness (QED) is 0.641. The van der Waals surface area contributed by atoms with E-state index in [1.807, 2.05) is 28.5 Å². The number of rotatable bonds is 4. The number of methoxy groups -OCH3 is 1. The Labute approximate surface area is 162 Å². The molecule has 1 aliphatic heterocycles. The molecule has 3 aromatic rings. The highest BCUT2D eigenvalue weighted by Gasteiger charge is 2.26. The predicted molar refractivity (Wildman–Crippen MR) is 106 cm³/mol. The van der Waals surface area contributed by atoms with Gasteiger partial charge < -0.3 is 9.64 Å². The average Bonchev–Trinajstić information content (AvgIpc) is 3.26. The Balaban J connectivity index is 1.63. The highest BCUT2D eigenvalue weighted by Crippen LogP contribution is 2.26. The zero-order valence-electron chi connectivity index (χ0n) is 15.0. The van der Waals surface area contributed by atoms with Crippen molar-refractivity contribution in [3.63, 3.8) is 0 Å². The van der Waals surface area contributed by atoms with Gasteiger partial charge in [-0.2, -0.15) is 0 Å². The van der Waals surface area contributed by atoms with E-state index in [-0.39, 0.29) is 11.7 Å². The lowest BCUT2D eigenvalue weighted by Gasteiger charge is -2.29. The number of benzene rings is 2. The van der Waals surface area contributed by atoms with Crippen LogP contribution in [0.4, 0.5) is 0 Å². The van der Waals surface area contributed by atoms with Gasteiger partial charge in [0.05, 0.1) is 17.6 Å². The summed E-state index contributed by atoms with van der Waals surface area (Å²) in [7, 11) is 1.64. The summed E-state index contributed by atoms with van der Waals surface area (Å²) in [6, 6.07) is 16.7. The zero-order valence-corrected chi connectivity index (χ0v) is 15.8. The van der Waals surface area contributed by atoms with Crippen molar-refractivity contribution in [1.29, 1.82) is 0 Å². The second-order valence-corrected chi connectivity index (χ2v) is 7.41. The van der Waals surface area contributed by atoms with Crippen molar-refractivity contribution in [1.82, 2.24) is 4.90 Å². The van der Waals surface area contributed by atoms with Crippen molar-refractivity contribution in [3.05, 3.63) is 87.1 Å². The lowest BCUT2D eigenvalue weighted by molar-refractivity contribution is 0.0730. The zero-order chi connectivity index (χ0) is 18.8. The molecule has 0 fully saturated rings. The number of amides is 1. The Morgan fingerprint density at radius 3 is 2.56 bits per heavy atom. The number of carbonyl (C=O) groups is 2. The van der Waals surface area contributed by atoms with E-state index in [4.69, 9.17) is 4.74 Å². The Morgan fingerprint density at radius 1 is 1.00 bits per heavy atom. The molecule has 4 nitrogen and oxygen atoms in total. The van der Waals surface area contributed by atoms with E-state index >= 15 is 0 Å². The van der Waals surface area contributed by atoms with Crippen LogP contribution in [0.5, 0.6) is 5.75 Å². The maximum Gasteiger partial charge on any atom is 0.254 e. The molecule has 5 heteroatoms. The molecule has 0 aliphatic carbocycles. The van der Waals surface area contributed by atoms with E-state index in [0.29, 0.717) is 29.1 Å². The van der Waals surface area contributed by atoms with Gasteiger partial charge in [0, 0.05) is 18.7 Å². The van der Waals surface area contributed by atoms with Gasteiger partial charge >= 0.3 is 0 Å². The summed E-state index contributed by atoms with van der Waals surface area (Å²) in [5.74, 6) is 0.577. The highest BCUT2D eigenvalue weighted by molar-refractivity contribution is 7.12. The van der Waals surface area contributed by atoms with Crippen LogP contribution < -0.4 is 4.74 Å². The van der Waals surface area contributed by atoms with Gasteiger partial charge in [0.25, 0.3) is 5.91 Å². The molecule has 1 aliphatic rings. The number of nitrogens with zero attached hydrogens (tertiary/aromatic N) is 1. The molecule has 1 amide bonds. The van der Waals surface area contributed by atoms with Gasteiger partial charge in [-0.1, -0.05) is 30.3 Å². The van der Waals surface area contributed by atoms with Crippen molar-refractivity contribution in [2.24, 2.45) is 0 Å². The third-order valence-corrected chi connectivity index (χ3v) is 5.73. The molecule has 4 rings (SSSR count). The number of fused-ring (bicyclic) bond motifs is 1. The van der Waals surface area contributed by atoms with Crippen molar-refractivity contribution in [3.8, 4) is 5.75 Å². The minimum Gasteiger partial charge on any atom is -0.497 e. The maximum atomic E-state index is 13.2. The van der Waals surface area contributed by atoms with Gasteiger partial charge in [-0.05, 0) is 47.2 Å². The van der Waals surface area contributed by atoms with Crippen molar-refractivity contribution in [2.45, 2.75) is 13.0 Å². The molecular formula is C22H19NO3S. The standard InChI is InChI=1S/C22H19NO3S/c1-26-17-9-8-15-10-11-23(14-16(15)13-17)22(25)19-6-3-2-5-18(19)21(24)20-7-4-12-27-20/h2-9,12-13H,10-11,14H2,1H3. The molecule has 1 aromatic heterocycles. The third kappa shape index (κ3) is 3.38. The van der Waals surface area contributed by atoms with Crippen LogP contribution in [0, 0.1) is 0 Å². The van der Waals surface area contributed by atoms with E-state index in [9.17, 15) is 9.59 Å². The van der Waals surface area contributed by atoms with Gasteiger partial charge in [0.1, 0.15) is 5.75 Å². The Morgan fingerprint density at radius 2 is 1.81 bits per heavy atom. The SMILES string of the molecule is COc1ccc2c(c1)CN(C(=O)c1ccccc1C(=O)c1cccs1)CC2. The molecule has 0 saturated carbocycles. The van der Waals surface area contributed by atoms with Crippen LogP contribution in [0.1, 0.15) is 36.7 Å². The van der Waals surface area contributed by atoms with Crippen LogP contribution in [-0.4, -0.2) is 30.2 Å². The second kappa shape index (κ2) is 7.37. The van der Waals surface area contributed by atoms with Gasteiger partial charge in [0.15, 0.2) is 0 Å².